The molecule has 0 saturated heterocycles. The summed E-state index contributed by atoms with van der Waals surface area (Å²) in [5.74, 6) is 0.791. The van der Waals surface area contributed by atoms with E-state index in [4.69, 9.17) is 10.2 Å². The Balaban J connectivity index is 2.13. The molecule has 0 radical (unpaired) electrons. The highest BCUT2D eigenvalue weighted by atomic mass is 16.3. The Morgan fingerprint density at radius 2 is 2.00 bits per heavy atom. The minimum absolute atomic E-state index is 0.325. The van der Waals surface area contributed by atoms with Gasteiger partial charge in [0.25, 0.3) is 0 Å². The van der Waals surface area contributed by atoms with E-state index in [9.17, 15) is 0 Å². The van der Waals surface area contributed by atoms with E-state index in [1.54, 1.807) is 6.20 Å². The van der Waals surface area contributed by atoms with Gasteiger partial charge in [-0.1, -0.05) is 17.7 Å². The van der Waals surface area contributed by atoms with Crippen LogP contribution < -0.4 is 5.73 Å². The van der Waals surface area contributed by atoms with Gasteiger partial charge in [-0.05, 0) is 38.1 Å². The third-order valence-corrected chi connectivity index (χ3v) is 3.42. The summed E-state index contributed by atoms with van der Waals surface area (Å²) in [5, 5.41) is 1.13. The van der Waals surface area contributed by atoms with E-state index in [1.807, 2.05) is 37.3 Å². The summed E-state index contributed by atoms with van der Waals surface area (Å²) < 4.78 is 5.91. The zero-order chi connectivity index (χ0) is 13.4. The summed E-state index contributed by atoms with van der Waals surface area (Å²) in [7, 11) is 0. The summed E-state index contributed by atoms with van der Waals surface area (Å²) in [6, 6.07) is 11.6. The van der Waals surface area contributed by atoms with Gasteiger partial charge in [-0.3, -0.25) is 4.98 Å². The number of benzene rings is 1. The second-order valence-corrected chi connectivity index (χ2v) is 4.82. The smallest absolute Gasteiger partial charge is 0.134 e. The predicted octanol–water partition coefficient (Wildman–Crippen LogP) is 3.49. The predicted molar refractivity (Wildman–Crippen MR) is 76.0 cm³/mol. The number of aryl methyl sites for hydroxylation is 2. The molecule has 3 aromatic rings. The largest absolute Gasteiger partial charge is 0.459 e. The van der Waals surface area contributed by atoms with E-state index in [1.165, 1.54) is 5.56 Å². The topological polar surface area (TPSA) is 52.0 Å². The zero-order valence-electron chi connectivity index (χ0n) is 11.1. The Bertz CT molecular complexity index is 716. The molecule has 0 saturated carbocycles. The fourth-order valence-corrected chi connectivity index (χ4v) is 2.34. The molecule has 0 bridgehead atoms. The number of nitrogens with zero attached hydrogens (tertiary/aromatic N) is 1. The Morgan fingerprint density at radius 3 is 2.74 bits per heavy atom. The molecule has 2 N–H and O–H groups in total. The van der Waals surface area contributed by atoms with Crippen molar-refractivity contribution in [2.75, 3.05) is 0 Å². The number of furan rings is 1. The number of rotatable bonds is 2. The van der Waals surface area contributed by atoms with Crippen molar-refractivity contribution in [2.24, 2.45) is 5.73 Å². The van der Waals surface area contributed by atoms with Crippen LogP contribution in [0.4, 0.5) is 0 Å². The quantitative estimate of drug-likeness (QED) is 0.759. The number of hydrogen-bond donors (Lipinski definition) is 1. The lowest BCUT2D eigenvalue weighted by molar-refractivity contribution is 0.517. The third kappa shape index (κ3) is 2.02. The summed E-state index contributed by atoms with van der Waals surface area (Å²) in [6.07, 6.45) is 1.75. The molecule has 0 spiro atoms. The van der Waals surface area contributed by atoms with E-state index in [2.05, 4.69) is 18.0 Å². The second kappa shape index (κ2) is 4.52. The first-order valence-electron chi connectivity index (χ1n) is 6.33. The first-order valence-corrected chi connectivity index (χ1v) is 6.33. The van der Waals surface area contributed by atoms with Crippen molar-refractivity contribution in [1.82, 2.24) is 4.98 Å². The number of nitrogens with two attached hydrogens (primary N) is 1. The molecular formula is C16H16N2O. The van der Waals surface area contributed by atoms with Gasteiger partial charge in [-0.25, -0.2) is 0 Å². The van der Waals surface area contributed by atoms with Gasteiger partial charge in [-0.15, -0.1) is 0 Å². The fourth-order valence-electron chi connectivity index (χ4n) is 2.34. The highest BCUT2D eigenvalue weighted by Crippen LogP contribution is 2.31. The standard InChI is InChI=1S/C16H16N2O/c1-10-6-7-14-12(9-10)11(2)16(19-14)15(17)13-5-3-4-8-18-13/h3-9,15H,17H2,1-2H3. The molecule has 0 amide bonds. The molecule has 2 heterocycles. The third-order valence-electron chi connectivity index (χ3n) is 3.42. The average Bonchev–Trinajstić information content (AvgIpc) is 2.76. The zero-order valence-corrected chi connectivity index (χ0v) is 11.1. The fraction of sp³-hybridized carbons (Fsp3) is 0.188. The van der Waals surface area contributed by atoms with E-state index in [0.717, 1.165) is 28.0 Å². The minimum Gasteiger partial charge on any atom is -0.459 e. The van der Waals surface area contributed by atoms with Crippen molar-refractivity contribution in [3.8, 4) is 0 Å². The molecule has 0 fully saturated rings. The van der Waals surface area contributed by atoms with E-state index < -0.39 is 0 Å². The van der Waals surface area contributed by atoms with Crippen molar-refractivity contribution < 1.29 is 4.42 Å². The number of pyridine rings is 1. The van der Waals surface area contributed by atoms with Gasteiger partial charge in [0.1, 0.15) is 17.4 Å². The lowest BCUT2D eigenvalue weighted by atomic mass is 10.0. The Kier molecular flexibility index (Phi) is 2.84. The monoisotopic (exact) mass is 252 g/mol. The minimum atomic E-state index is -0.325. The maximum atomic E-state index is 6.26. The van der Waals surface area contributed by atoms with Crippen LogP contribution in [0.1, 0.15) is 28.6 Å². The van der Waals surface area contributed by atoms with Crippen LogP contribution in [-0.2, 0) is 0 Å². The van der Waals surface area contributed by atoms with Crippen LogP contribution in [0.25, 0.3) is 11.0 Å². The number of aromatic nitrogens is 1. The molecule has 1 atom stereocenters. The molecule has 0 aliphatic heterocycles. The Hall–Kier alpha value is -2.13. The highest BCUT2D eigenvalue weighted by molar-refractivity contribution is 5.83. The number of hydrogen-bond acceptors (Lipinski definition) is 3. The van der Waals surface area contributed by atoms with Crippen LogP contribution >= 0.6 is 0 Å². The molecule has 0 aliphatic rings. The molecule has 2 aromatic heterocycles. The van der Waals surface area contributed by atoms with Gasteiger partial charge >= 0.3 is 0 Å². The highest BCUT2D eigenvalue weighted by Gasteiger charge is 2.19. The first-order chi connectivity index (χ1) is 9.16. The van der Waals surface area contributed by atoms with E-state index in [-0.39, 0.29) is 6.04 Å². The molecular weight excluding hydrogens is 236 g/mol. The molecule has 1 aromatic carbocycles. The van der Waals surface area contributed by atoms with Crippen molar-refractivity contribution in [3.05, 3.63) is 65.2 Å². The Morgan fingerprint density at radius 1 is 1.16 bits per heavy atom. The number of fused-ring (bicyclic) bond motifs is 1. The van der Waals surface area contributed by atoms with Gasteiger partial charge in [0.05, 0.1) is 5.69 Å². The van der Waals surface area contributed by atoms with Crippen molar-refractivity contribution in [2.45, 2.75) is 19.9 Å². The maximum Gasteiger partial charge on any atom is 0.134 e. The van der Waals surface area contributed by atoms with Crippen LogP contribution in [0.3, 0.4) is 0 Å². The SMILES string of the molecule is Cc1ccc2oc(C(N)c3ccccn3)c(C)c2c1. The second-order valence-electron chi connectivity index (χ2n) is 4.82. The first kappa shape index (κ1) is 11.9. The van der Waals surface area contributed by atoms with Gasteiger partial charge in [0.15, 0.2) is 0 Å². The van der Waals surface area contributed by atoms with Crippen LogP contribution in [-0.4, -0.2) is 4.98 Å². The van der Waals surface area contributed by atoms with Crippen LogP contribution in [0.2, 0.25) is 0 Å². The van der Waals surface area contributed by atoms with Crippen LogP contribution in [0.15, 0.2) is 47.0 Å². The normalized spacial score (nSPS) is 12.8. The Labute approximate surface area is 112 Å². The average molecular weight is 252 g/mol. The van der Waals surface area contributed by atoms with Gasteiger partial charge in [0, 0.05) is 17.1 Å². The molecule has 1 unspecified atom stereocenters. The summed E-state index contributed by atoms with van der Waals surface area (Å²) in [6.45, 7) is 4.12. The van der Waals surface area contributed by atoms with Crippen molar-refractivity contribution in [1.29, 1.82) is 0 Å². The molecule has 19 heavy (non-hydrogen) atoms. The van der Waals surface area contributed by atoms with Crippen LogP contribution in [0, 0.1) is 13.8 Å². The summed E-state index contributed by atoms with van der Waals surface area (Å²) in [5.41, 5.74) is 10.3. The van der Waals surface area contributed by atoms with Gasteiger partial charge < -0.3 is 10.2 Å². The summed E-state index contributed by atoms with van der Waals surface area (Å²) >= 11 is 0. The summed E-state index contributed by atoms with van der Waals surface area (Å²) in [4.78, 5) is 4.30. The molecule has 3 heteroatoms. The van der Waals surface area contributed by atoms with E-state index >= 15 is 0 Å². The lowest BCUT2D eigenvalue weighted by Gasteiger charge is -2.08. The lowest BCUT2D eigenvalue weighted by Crippen LogP contribution is -2.13. The van der Waals surface area contributed by atoms with Gasteiger partial charge in [-0.2, -0.15) is 0 Å². The maximum absolute atomic E-state index is 6.26. The van der Waals surface area contributed by atoms with Gasteiger partial charge in [0.2, 0.25) is 0 Å². The van der Waals surface area contributed by atoms with Crippen molar-refractivity contribution in [3.63, 3.8) is 0 Å². The van der Waals surface area contributed by atoms with E-state index in [0.29, 0.717) is 0 Å². The molecule has 3 rings (SSSR count). The molecule has 0 aliphatic carbocycles. The molecule has 3 nitrogen and oxygen atoms in total. The van der Waals surface area contributed by atoms with Crippen LogP contribution in [0.5, 0.6) is 0 Å². The molecule has 96 valence electrons. The van der Waals surface area contributed by atoms with Crippen molar-refractivity contribution >= 4 is 11.0 Å².